The number of fused-ring (bicyclic) bond motifs is 1. The zero-order chi connectivity index (χ0) is 16.9. The van der Waals surface area contributed by atoms with Gasteiger partial charge >= 0.3 is 0 Å². The Labute approximate surface area is 139 Å². The molecule has 126 valence electrons. The average Bonchev–Trinajstić information content (AvgIpc) is 2.59. The van der Waals surface area contributed by atoms with Crippen molar-refractivity contribution in [1.82, 2.24) is 5.32 Å². The molecule has 3 N–H and O–H groups in total. The highest BCUT2D eigenvalue weighted by Crippen LogP contribution is 2.32. The van der Waals surface area contributed by atoms with E-state index >= 15 is 0 Å². The molecule has 1 heterocycles. The lowest BCUT2D eigenvalue weighted by Crippen LogP contribution is -2.51. The normalized spacial score (nSPS) is 17.3. The lowest BCUT2D eigenvalue weighted by molar-refractivity contribution is -0.117. The molecule has 1 aliphatic rings. The molecule has 3 rings (SSSR count). The van der Waals surface area contributed by atoms with Crippen molar-refractivity contribution >= 4 is 5.91 Å². The summed E-state index contributed by atoms with van der Waals surface area (Å²) in [4.78, 5) is 11.1. The topological polar surface area (TPSA) is 73.6 Å². The molecule has 0 saturated carbocycles. The number of primary amides is 1. The zero-order valence-electron chi connectivity index (χ0n) is 13.1. The predicted octanol–water partition coefficient (Wildman–Crippen LogP) is 1.65. The minimum absolute atomic E-state index is 0.0351. The molecule has 2 unspecified atom stereocenters. The summed E-state index contributed by atoms with van der Waals surface area (Å²) < 4.78 is 24.8. The van der Waals surface area contributed by atoms with Gasteiger partial charge in [-0.3, -0.25) is 4.79 Å². The summed E-state index contributed by atoms with van der Waals surface area (Å²) in [5, 5.41) is 3.11. The van der Waals surface area contributed by atoms with Gasteiger partial charge in [-0.1, -0.05) is 24.3 Å². The summed E-state index contributed by atoms with van der Waals surface area (Å²) in [6.45, 7) is 0.391. The molecule has 2 aromatic carbocycles. The molecule has 0 radical (unpaired) electrons. The number of nitrogens with two attached hydrogens (primary N) is 1. The van der Waals surface area contributed by atoms with Crippen molar-refractivity contribution in [3.63, 3.8) is 0 Å². The van der Waals surface area contributed by atoms with Gasteiger partial charge in [-0.05, 0) is 36.2 Å². The van der Waals surface area contributed by atoms with Gasteiger partial charge in [-0.2, -0.15) is 0 Å². The minimum atomic E-state index is -0.448. The molecule has 1 aliphatic heterocycles. The first-order chi connectivity index (χ1) is 11.6. The third kappa shape index (κ3) is 4.02. The Hall–Kier alpha value is -2.60. The molecule has 6 heteroatoms. The highest BCUT2D eigenvalue weighted by atomic mass is 19.1. The van der Waals surface area contributed by atoms with Crippen LogP contribution in [0.25, 0.3) is 0 Å². The molecule has 0 aliphatic carbocycles. The molecule has 0 saturated heterocycles. The summed E-state index contributed by atoms with van der Waals surface area (Å²) in [7, 11) is 0. The smallest absolute Gasteiger partial charge is 0.231 e. The second-order valence-electron chi connectivity index (χ2n) is 5.70. The lowest BCUT2D eigenvalue weighted by Gasteiger charge is -2.32. The number of para-hydroxylation sites is 2. The molecule has 2 atom stereocenters. The van der Waals surface area contributed by atoms with Crippen LogP contribution in [0.3, 0.4) is 0 Å². The third-order valence-electron chi connectivity index (χ3n) is 3.89. The molecular weight excluding hydrogens is 311 g/mol. The van der Waals surface area contributed by atoms with Gasteiger partial charge in [0.25, 0.3) is 0 Å². The van der Waals surface area contributed by atoms with E-state index in [0.717, 1.165) is 5.56 Å². The molecule has 2 aromatic rings. The number of amides is 1. The first-order valence-corrected chi connectivity index (χ1v) is 7.76. The van der Waals surface area contributed by atoms with Crippen LogP contribution in [-0.2, 0) is 11.2 Å². The summed E-state index contributed by atoms with van der Waals surface area (Å²) in [5.41, 5.74) is 6.17. The number of benzene rings is 2. The van der Waals surface area contributed by atoms with Gasteiger partial charge in [0, 0.05) is 0 Å². The van der Waals surface area contributed by atoms with Crippen LogP contribution in [0.5, 0.6) is 11.5 Å². The number of halogens is 1. The maximum atomic E-state index is 13.1. The van der Waals surface area contributed by atoms with Gasteiger partial charge in [-0.25, -0.2) is 4.39 Å². The van der Waals surface area contributed by atoms with Crippen molar-refractivity contribution in [3.8, 4) is 11.5 Å². The molecule has 0 bridgehead atoms. The predicted molar refractivity (Wildman–Crippen MR) is 87.4 cm³/mol. The highest BCUT2D eigenvalue weighted by Gasteiger charge is 2.29. The van der Waals surface area contributed by atoms with E-state index in [4.69, 9.17) is 15.2 Å². The molecular formula is C18H19FN2O3. The van der Waals surface area contributed by atoms with E-state index in [2.05, 4.69) is 5.32 Å². The first-order valence-electron chi connectivity index (χ1n) is 7.76. The largest absolute Gasteiger partial charge is 0.486 e. The lowest BCUT2D eigenvalue weighted by atomic mass is 10.0. The molecule has 1 amide bonds. The van der Waals surface area contributed by atoms with Crippen LogP contribution in [0.15, 0.2) is 48.5 Å². The second-order valence-corrected chi connectivity index (χ2v) is 5.70. The van der Waals surface area contributed by atoms with Crippen molar-refractivity contribution in [2.45, 2.75) is 18.6 Å². The summed E-state index contributed by atoms with van der Waals surface area (Å²) in [5.74, 6) is 0.630. The van der Waals surface area contributed by atoms with Crippen molar-refractivity contribution in [3.05, 3.63) is 59.9 Å². The SMILES string of the molecule is NC(=O)CNC(Cc1ccc(F)cc1)C1COc2ccccc2O1. The van der Waals surface area contributed by atoms with Crippen LogP contribution < -0.4 is 20.5 Å². The van der Waals surface area contributed by atoms with Crippen molar-refractivity contribution in [2.24, 2.45) is 5.73 Å². The number of hydrogen-bond donors (Lipinski definition) is 2. The fraction of sp³-hybridized carbons (Fsp3) is 0.278. The second kappa shape index (κ2) is 7.31. The average molecular weight is 330 g/mol. The summed E-state index contributed by atoms with van der Waals surface area (Å²) in [6, 6.07) is 13.5. The van der Waals surface area contributed by atoms with Crippen LogP contribution >= 0.6 is 0 Å². The van der Waals surface area contributed by atoms with Gasteiger partial charge in [0.05, 0.1) is 12.6 Å². The van der Waals surface area contributed by atoms with Gasteiger partial charge < -0.3 is 20.5 Å². The van der Waals surface area contributed by atoms with Crippen LogP contribution in [0, 0.1) is 5.82 Å². The Morgan fingerprint density at radius 3 is 2.62 bits per heavy atom. The summed E-state index contributed by atoms with van der Waals surface area (Å²) in [6.07, 6.45) is 0.272. The standard InChI is InChI=1S/C18H19FN2O3/c19-13-7-5-12(6-8-13)9-14(21-10-18(20)22)17-11-23-15-3-1-2-4-16(15)24-17/h1-8,14,17,21H,9-11H2,(H2,20,22). The zero-order valence-corrected chi connectivity index (χ0v) is 13.1. The van der Waals surface area contributed by atoms with Gasteiger partial charge in [0.1, 0.15) is 18.5 Å². The number of ether oxygens (including phenoxy) is 2. The maximum absolute atomic E-state index is 13.1. The van der Waals surface area contributed by atoms with E-state index in [1.165, 1.54) is 12.1 Å². The van der Waals surface area contributed by atoms with Crippen molar-refractivity contribution in [1.29, 1.82) is 0 Å². The third-order valence-corrected chi connectivity index (χ3v) is 3.89. The maximum Gasteiger partial charge on any atom is 0.231 e. The Bertz CT molecular complexity index is 706. The molecule has 0 fully saturated rings. The Morgan fingerprint density at radius 2 is 1.92 bits per heavy atom. The number of hydrogen-bond acceptors (Lipinski definition) is 4. The number of rotatable bonds is 6. The van der Waals surface area contributed by atoms with Gasteiger partial charge in [0.2, 0.25) is 5.91 Å². The van der Waals surface area contributed by atoms with Crippen LogP contribution in [-0.4, -0.2) is 31.2 Å². The number of carbonyl (C=O) groups is 1. The van der Waals surface area contributed by atoms with Crippen molar-refractivity contribution < 1.29 is 18.7 Å². The van der Waals surface area contributed by atoms with Crippen LogP contribution in [0.1, 0.15) is 5.56 Å². The Balaban J connectivity index is 1.74. The van der Waals surface area contributed by atoms with E-state index < -0.39 is 5.91 Å². The van der Waals surface area contributed by atoms with Gasteiger partial charge in [-0.15, -0.1) is 0 Å². The number of carbonyl (C=O) groups excluding carboxylic acids is 1. The highest BCUT2D eigenvalue weighted by molar-refractivity contribution is 5.75. The monoisotopic (exact) mass is 330 g/mol. The van der Waals surface area contributed by atoms with E-state index in [9.17, 15) is 9.18 Å². The fourth-order valence-corrected chi connectivity index (χ4v) is 2.68. The van der Waals surface area contributed by atoms with Crippen molar-refractivity contribution in [2.75, 3.05) is 13.2 Å². The van der Waals surface area contributed by atoms with Crippen LogP contribution in [0.2, 0.25) is 0 Å². The molecule has 5 nitrogen and oxygen atoms in total. The van der Waals surface area contributed by atoms with E-state index in [1.807, 2.05) is 24.3 Å². The Kier molecular flexibility index (Phi) is 4.96. The van der Waals surface area contributed by atoms with E-state index in [0.29, 0.717) is 24.5 Å². The summed E-state index contributed by atoms with van der Waals surface area (Å²) >= 11 is 0. The first kappa shape index (κ1) is 16.3. The number of nitrogens with one attached hydrogen (secondary N) is 1. The van der Waals surface area contributed by atoms with Gasteiger partial charge in [0.15, 0.2) is 11.5 Å². The quantitative estimate of drug-likeness (QED) is 0.845. The molecule has 0 spiro atoms. The fourth-order valence-electron chi connectivity index (χ4n) is 2.68. The molecule has 0 aromatic heterocycles. The van der Waals surface area contributed by atoms with E-state index in [1.54, 1.807) is 12.1 Å². The minimum Gasteiger partial charge on any atom is -0.486 e. The molecule has 24 heavy (non-hydrogen) atoms. The van der Waals surface area contributed by atoms with E-state index in [-0.39, 0.29) is 24.5 Å². The van der Waals surface area contributed by atoms with Crippen LogP contribution in [0.4, 0.5) is 4.39 Å². The Morgan fingerprint density at radius 1 is 1.21 bits per heavy atom.